The van der Waals surface area contributed by atoms with Gasteiger partial charge in [-0.25, -0.2) is 8.78 Å². The van der Waals surface area contributed by atoms with Crippen LogP contribution in [0.3, 0.4) is 0 Å². The molecule has 2 N–H and O–H groups in total. The standard InChI is InChI=1S/C29H29F2N3O2/c1-36-12-11-19-16-29(31,21-5-3-2-4-6-21)24(18-7-8-20(17-32)25(30)13-18)15-23(19)28(35)34-22-9-10-27(34)26(33)14-22/h2-8,13,15,22,26-27H,9-12,14,16,33H2,1H3/t22-,26+,27+,29?/m0/s1. The zero-order chi connectivity index (χ0) is 25.4. The van der Waals surface area contributed by atoms with E-state index in [2.05, 4.69) is 0 Å². The Labute approximate surface area is 209 Å². The molecule has 2 bridgehead atoms. The first-order valence-electron chi connectivity index (χ1n) is 12.3. The Morgan fingerprint density at radius 1 is 1.25 bits per heavy atom. The lowest BCUT2D eigenvalue weighted by molar-refractivity contribution is -0.128. The lowest BCUT2D eigenvalue weighted by Gasteiger charge is -2.36. The summed E-state index contributed by atoms with van der Waals surface area (Å²) in [4.78, 5) is 15.8. The van der Waals surface area contributed by atoms with Crippen LogP contribution in [-0.4, -0.2) is 42.6 Å². The molecule has 2 aromatic rings. The van der Waals surface area contributed by atoms with E-state index in [0.29, 0.717) is 35.3 Å². The Bertz CT molecular complexity index is 1280. The summed E-state index contributed by atoms with van der Waals surface area (Å²) in [5.41, 5.74) is 6.23. The van der Waals surface area contributed by atoms with Gasteiger partial charge in [-0.2, -0.15) is 5.26 Å². The molecule has 1 aliphatic carbocycles. The molecule has 0 spiro atoms. The fourth-order valence-electron chi connectivity index (χ4n) is 6.04. The molecule has 1 amide bonds. The molecule has 3 aliphatic rings. The number of carbonyl (C=O) groups excluding carboxylic acids is 1. The van der Waals surface area contributed by atoms with Gasteiger partial charge >= 0.3 is 0 Å². The molecule has 5 rings (SSSR count). The molecule has 4 atom stereocenters. The van der Waals surface area contributed by atoms with E-state index in [9.17, 15) is 14.4 Å². The van der Waals surface area contributed by atoms with Crippen LogP contribution in [0.5, 0.6) is 0 Å². The number of benzene rings is 2. The van der Waals surface area contributed by atoms with Gasteiger partial charge in [0.05, 0.1) is 5.56 Å². The van der Waals surface area contributed by atoms with E-state index in [-0.39, 0.29) is 41.6 Å². The molecule has 2 fully saturated rings. The molecule has 1 unspecified atom stereocenters. The van der Waals surface area contributed by atoms with Crippen molar-refractivity contribution in [3.05, 3.63) is 88.3 Å². The summed E-state index contributed by atoms with van der Waals surface area (Å²) in [6, 6.07) is 14.6. The summed E-state index contributed by atoms with van der Waals surface area (Å²) in [6.45, 7) is 0.345. The molecular weight excluding hydrogens is 460 g/mol. The number of nitrogens with zero attached hydrogens (tertiary/aromatic N) is 2. The van der Waals surface area contributed by atoms with Crippen LogP contribution in [0, 0.1) is 17.1 Å². The molecule has 0 saturated carbocycles. The third-order valence-electron chi connectivity index (χ3n) is 7.84. The summed E-state index contributed by atoms with van der Waals surface area (Å²) in [6.07, 6.45) is 4.49. The molecular formula is C29H29F2N3O2. The molecule has 0 aromatic heterocycles. The Hall–Kier alpha value is -3.34. The first kappa shape index (κ1) is 24.4. The second-order valence-corrected chi connectivity index (χ2v) is 9.88. The predicted octanol–water partition coefficient (Wildman–Crippen LogP) is 4.77. The van der Waals surface area contributed by atoms with Crippen LogP contribution >= 0.6 is 0 Å². The highest BCUT2D eigenvalue weighted by Crippen LogP contribution is 2.50. The van der Waals surface area contributed by atoms with E-state index in [4.69, 9.17) is 10.5 Å². The number of methoxy groups -OCH3 is 1. The van der Waals surface area contributed by atoms with E-state index in [1.54, 1.807) is 43.5 Å². The molecule has 2 saturated heterocycles. The van der Waals surface area contributed by atoms with Gasteiger partial charge in [-0.15, -0.1) is 0 Å². The maximum absolute atomic E-state index is 17.2. The molecule has 36 heavy (non-hydrogen) atoms. The van der Waals surface area contributed by atoms with E-state index in [0.717, 1.165) is 19.3 Å². The quantitative estimate of drug-likeness (QED) is 0.634. The third kappa shape index (κ3) is 4.04. The molecule has 0 radical (unpaired) electrons. The molecule has 2 aromatic carbocycles. The number of ether oxygens (including phenoxy) is 1. The van der Waals surface area contributed by atoms with Crippen LogP contribution in [0.4, 0.5) is 8.78 Å². The summed E-state index contributed by atoms with van der Waals surface area (Å²) < 4.78 is 37.2. The van der Waals surface area contributed by atoms with Gasteiger partial charge in [0.2, 0.25) is 0 Å². The van der Waals surface area contributed by atoms with Crippen molar-refractivity contribution in [3.8, 4) is 6.07 Å². The van der Waals surface area contributed by atoms with Crippen LogP contribution in [0.2, 0.25) is 0 Å². The van der Waals surface area contributed by atoms with Crippen LogP contribution in [0.25, 0.3) is 5.57 Å². The minimum atomic E-state index is -1.99. The van der Waals surface area contributed by atoms with Crippen molar-refractivity contribution >= 4 is 11.5 Å². The fraction of sp³-hybridized carbons (Fsp3) is 0.379. The Kier molecular flexibility index (Phi) is 6.50. The van der Waals surface area contributed by atoms with Crippen LogP contribution in [0.1, 0.15) is 48.8 Å². The summed E-state index contributed by atoms with van der Waals surface area (Å²) in [7, 11) is 1.57. The molecule has 186 valence electrons. The van der Waals surface area contributed by atoms with Crippen LogP contribution in [-0.2, 0) is 15.2 Å². The van der Waals surface area contributed by atoms with Crippen molar-refractivity contribution in [3.63, 3.8) is 0 Å². The highest BCUT2D eigenvalue weighted by molar-refractivity contribution is 6.01. The number of rotatable bonds is 6. The monoisotopic (exact) mass is 489 g/mol. The molecule has 5 nitrogen and oxygen atoms in total. The van der Waals surface area contributed by atoms with Crippen molar-refractivity contribution in [1.82, 2.24) is 4.90 Å². The zero-order valence-corrected chi connectivity index (χ0v) is 20.2. The maximum atomic E-state index is 17.2. The van der Waals surface area contributed by atoms with Gasteiger partial charge < -0.3 is 15.4 Å². The summed E-state index contributed by atoms with van der Waals surface area (Å²) >= 11 is 0. The average Bonchev–Trinajstić information content (AvgIpc) is 3.44. The lowest BCUT2D eigenvalue weighted by Crippen LogP contribution is -2.42. The Morgan fingerprint density at radius 2 is 2.03 bits per heavy atom. The van der Waals surface area contributed by atoms with Crippen molar-refractivity contribution in [2.24, 2.45) is 5.73 Å². The van der Waals surface area contributed by atoms with E-state index < -0.39 is 11.5 Å². The molecule has 2 heterocycles. The summed E-state index contributed by atoms with van der Waals surface area (Å²) in [5, 5.41) is 9.17. The lowest BCUT2D eigenvalue weighted by atomic mass is 9.73. The maximum Gasteiger partial charge on any atom is 0.254 e. The highest BCUT2D eigenvalue weighted by atomic mass is 19.1. The largest absolute Gasteiger partial charge is 0.384 e. The normalized spacial score (nSPS) is 27.2. The topological polar surface area (TPSA) is 79.3 Å². The van der Waals surface area contributed by atoms with Gasteiger partial charge in [0.1, 0.15) is 11.9 Å². The molecule has 7 heteroatoms. The number of hydrogen-bond donors (Lipinski definition) is 1. The first-order valence-corrected chi connectivity index (χ1v) is 12.3. The van der Waals surface area contributed by atoms with Gasteiger partial charge in [-0.05, 0) is 55.0 Å². The number of nitrogens with two attached hydrogens (primary N) is 1. The Balaban J connectivity index is 1.66. The van der Waals surface area contributed by atoms with Gasteiger partial charge in [0, 0.05) is 49.4 Å². The SMILES string of the molecule is COCCC1=C(C(=O)N2[C@H]3CC[C@@H]2[C@H](N)C3)C=C(c2ccc(C#N)c(F)c2)C(F)(c2ccccc2)C1. The number of allylic oxidation sites excluding steroid dienone is 1. The van der Waals surface area contributed by atoms with E-state index in [1.165, 1.54) is 12.1 Å². The van der Waals surface area contributed by atoms with E-state index in [1.807, 2.05) is 17.0 Å². The third-order valence-corrected chi connectivity index (χ3v) is 7.84. The predicted molar refractivity (Wildman–Crippen MR) is 133 cm³/mol. The zero-order valence-electron chi connectivity index (χ0n) is 20.2. The van der Waals surface area contributed by atoms with Crippen molar-refractivity contribution < 1.29 is 18.3 Å². The van der Waals surface area contributed by atoms with Gasteiger partial charge in [0.15, 0.2) is 5.67 Å². The number of alkyl halides is 1. The van der Waals surface area contributed by atoms with Gasteiger partial charge in [-0.1, -0.05) is 42.0 Å². The minimum absolute atomic E-state index is 0.0194. The second-order valence-electron chi connectivity index (χ2n) is 9.88. The smallest absolute Gasteiger partial charge is 0.254 e. The van der Waals surface area contributed by atoms with Crippen LogP contribution in [0.15, 0.2) is 65.8 Å². The second kappa shape index (κ2) is 9.61. The van der Waals surface area contributed by atoms with Crippen LogP contribution < -0.4 is 5.73 Å². The number of amides is 1. The fourth-order valence-corrected chi connectivity index (χ4v) is 6.04. The average molecular weight is 490 g/mol. The van der Waals surface area contributed by atoms with Gasteiger partial charge in [-0.3, -0.25) is 4.79 Å². The van der Waals surface area contributed by atoms with Gasteiger partial charge in [0.25, 0.3) is 5.91 Å². The molecule has 2 aliphatic heterocycles. The summed E-state index contributed by atoms with van der Waals surface area (Å²) in [5.74, 6) is -0.875. The first-order chi connectivity index (χ1) is 17.4. The van der Waals surface area contributed by atoms with Crippen molar-refractivity contribution in [2.45, 2.75) is 55.9 Å². The number of nitriles is 1. The van der Waals surface area contributed by atoms with E-state index >= 15 is 4.39 Å². The van der Waals surface area contributed by atoms with Crippen molar-refractivity contribution in [1.29, 1.82) is 5.26 Å². The van der Waals surface area contributed by atoms with Crippen molar-refractivity contribution in [2.75, 3.05) is 13.7 Å². The Morgan fingerprint density at radius 3 is 2.64 bits per heavy atom. The number of carbonyl (C=O) groups is 1. The highest BCUT2D eigenvalue weighted by Gasteiger charge is 2.49. The number of hydrogen-bond acceptors (Lipinski definition) is 4. The minimum Gasteiger partial charge on any atom is -0.384 e. The number of halogens is 2. The number of fused-ring (bicyclic) bond motifs is 2.